The van der Waals surface area contributed by atoms with Crippen LogP contribution in [-0.4, -0.2) is 15.9 Å². The van der Waals surface area contributed by atoms with E-state index in [0.29, 0.717) is 12.2 Å². The Morgan fingerprint density at radius 1 is 1.07 bits per heavy atom. The number of aromatic nitrogens is 2. The van der Waals surface area contributed by atoms with Gasteiger partial charge < -0.3 is 4.74 Å². The third-order valence-corrected chi connectivity index (χ3v) is 5.77. The molecule has 0 saturated carbocycles. The second kappa shape index (κ2) is 11.1. The Bertz CT molecular complexity index is 786. The first-order chi connectivity index (χ1) is 14.2. The van der Waals surface area contributed by atoms with Crippen molar-refractivity contribution in [3.63, 3.8) is 0 Å². The summed E-state index contributed by atoms with van der Waals surface area (Å²) in [5.41, 5.74) is 3.49. The van der Waals surface area contributed by atoms with Gasteiger partial charge in [0.2, 0.25) is 0 Å². The molecule has 0 fully saturated rings. The third-order valence-electron chi connectivity index (χ3n) is 5.77. The highest BCUT2D eigenvalue weighted by atomic mass is 16.5. The summed E-state index contributed by atoms with van der Waals surface area (Å²) in [7, 11) is 0. The van der Waals surface area contributed by atoms with Crippen molar-refractivity contribution in [2.45, 2.75) is 84.5 Å². The van der Waals surface area contributed by atoms with E-state index in [2.05, 4.69) is 11.9 Å². The fourth-order valence-electron chi connectivity index (χ4n) is 4.06. The van der Waals surface area contributed by atoms with Gasteiger partial charge in [0.1, 0.15) is 5.75 Å². The van der Waals surface area contributed by atoms with Crippen LogP contribution >= 0.6 is 0 Å². The Labute approximate surface area is 175 Å². The van der Waals surface area contributed by atoms with Crippen molar-refractivity contribution in [2.24, 2.45) is 5.92 Å². The molecule has 1 aliphatic carbocycles. The Balaban J connectivity index is 1.56. The summed E-state index contributed by atoms with van der Waals surface area (Å²) in [6, 6.07) is 7.50. The van der Waals surface area contributed by atoms with E-state index >= 15 is 0 Å². The highest BCUT2D eigenvalue weighted by Crippen LogP contribution is 2.29. The van der Waals surface area contributed by atoms with Crippen LogP contribution in [0.1, 0.15) is 82.9 Å². The number of benzene rings is 1. The minimum atomic E-state index is -0.190. The second-order valence-electron chi connectivity index (χ2n) is 8.23. The fraction of sp³-hybridized carbons (Fsp3) is 0.560. The van der Waals surface area contributed by atoms with E-state index in [4.69, 9.17) is 9.72 Å². The van der Waals surface area contributed by atoms with E-state index in [1.54, 1.807) is 0 Å². The maximum absolute atomic E-state index is 11.6. The molecule has 1 aliphatic rings. The first-order valence-corrected chi connectivity index (χ1v) is 11.4. The summed E-state index contributed by atoms with van der Waals surface area (Å²) < 4.78 is 5.32. The van der Waals surface area contributed by atoms with Crippen LogP contribution in [0.5, 0.6) is 5.75 Å². The molecule has 3 rings (SSSR count). The number of carbonyl (C=O) groups excluding carboxylic acids is 1. The molecule has 156 valence electrons. The topological polar surface area (TPSA) is 52.1 Å². The summed E-state index contributed by atoms with van der Waals surface area (Å²) in [6.45, 7) is 4.23. The lowest BCUT2D eigenvalue weighted by Crippen LogP contribution is -2.16. The quantitative estimate of drug-likeness (QED) is 0.269. The summed E-state index contributed by atoms with van der Waals surface area (Å²) in [5.74, 6) is 1.93. The van der Waals surface area contributed by atoms with Crippen molar-refractivity contribution < 1.29 is 9.53 Å². The number of fused-ring (bicyclic) bond motifs is 1. The van der Waals surface area contributed by atoms with E-state index in [0.717, 1.165) is 36.6 Å². The smallest absolute Gasteiger partial charge is 0.311 e. The molecule has 1 unspecified atom stereocenters. The number of hydrogen-bond acceptors (Lipinski definition) is 4. The monoisotopic (exact) mass is 394 g/mol. The fourth-order valence-corrected chi connectivity index (χ4v) is 4.06. The number of rotatable bonds is 10. The van der Waals surface area contributed by atoms with Crippen molar-refractivity contribution in [3.05, 3.63) is 41.7 Å². The molecule has 4 nitrogen and oxygen atoms in total. The van der Waals surface area contributed by atoms with Crippen molar-refractivity contribution >= 4 is 5.97 Å². The van der Waals surface area contributed by atoms with Gasteiger partial charge in [-0.15, -0.1) is 0 Å². The minimum Gasteiger partial charge on any atom is -0.427 e. The van der Waals surface area contributed by atoms with Crippen molar-refractivity contribution in [1.29, 1.82) is 0 Å². The highest BCUT2D eigenvalue weighted by molar-refractivity contribution is 5.72. The summed E-state index contributed by atoms with van der Waals surface area (Å²) >= 11 is 0. The number of esters is 1. The minimum absolute atomic E-state index is 0.190. The molecule has 1 atom stereocenters. The number of carbonyl (C=O) groups is 1. The van der Waals surface area contributed by atoms with Gasteiger partial charge in [0.15, 0.2) is 5.82 Å². The molecule has 0 radical (unpaired) electrons. The van der Waals surface area contributed by atoms with Crippen LogP contribution in [0, 0.1) is 5.92 Å². The van der Waals surface area contributed by atoms with Crippen LogP contribution in [0.2, 0.25) is 0 Å². The number of ether oxygens (including phenoxy) is 1. The lowest BCUT2D eigenvalue weighted by Gasteiger charge is -2.24. The Morgan fingerprint density at radius 2 is 1.86 bits per heavy atom. The SMILES string of the molecule is CCCCCCCC1CCc2nc(-c3ccc(OC(=O)CCC)cc3)ncc2C1. The van der Waals surface area contributed by atoms with Gasteiger partial charge in [-0.3, -0.25) is 4.79 Å². The largest absolute Gasteiger partial charge is 0.427 e. The predicted molar refractivity (Wildman–Crippen MR) is 117 cm³/mol. The molecule has 1 aromatic heterocycles. The molecule has 0 amide bonds. The van der Waals surface area contributed by atoms with Crippen LogP contribution in [0.25, 0.3) is 11.4 Å². The van der Waals surface area contributed by atoms with Gasteiger partial charge in [0.05, 0.1) is 0 Å². The average molecular weight is 395 g/mol. The molecule has 0 bridgehead atoms. The zero-order valence-corrected chi connectivity index (χ0v) is 18.0. The highest BCUT2D eigenvalue weighted by Gasteiger charge is 2.20. The number of unbranched alkanes of at least 4 members (excludes halogenated alkanes) is 4. The molecule has 0 saturated heterocycles. The lowest BCUT2D eigenvalue weighted by molar-refractivity contribution is -0.134. The Hall–Kier alpha value is -2.23. The molecule has 1 heterocycles. The molecule has 4 heteroatoms. The second-order valence-corrected chi connectivity index (χ2v) is 8.23. The molecular weight excluding hydrogens is 360 g/mol. The zero-order chi connectivity index (χ0) is 20.5. The van der Waals surface area contributed by atoms with Gasteiger partial charge in [-0.05, 0) is 61.4 Å². The Kier molecular flexibility index (Phi) is 8.21. The van der Waals surface area contributed by atoms with E-state index < -0.39 is 0 Å². The van der Waals surface area contributed by atoms with Gasteiger partial charge in [-0.1, -0.05) is 52.4 Å². The number of aryl methyl sites for hydroxylation is 1. The first-order valence-electron chi connectivity index (χ1n) is 11.4. The summed E-state index contributed by atoms with van der Waals surface area (Å²) in [4.78, 5) is 21.1. The van der Waals surface area contributed by atoms with E-state index in [1.807, 2.05) is 37.4 Å². The molecule has 29 heavy (non-hydrogen) atoms. The summed E-state index contributed by atoms with van der Waals surface area (Å²) in [5, 5.41) is 0. The van der Waals surface area contributed by atoms with E-state index in [-0.39, 0.29) is 5.97 Å². The maximum Gasteiger partial charge on any atom is 0.311 e. The van der Waals surface area contributed by atoms with Crippen molar-refractivity contribution in [1.82, 2.24) is 9.97 Å². The zero-order valence-electron chi connectivity index (χ0n) is 18.0. The standard InChI is InChI=1S/C25H34N2O2/c1-3-5-6-7-8-10-19-11-16-23-21(17-19)18-26-25(27-23)20-12-14-22(15-13-20)29-24(28)9-4-2/h12-15,18-19H,3-11,16-17H2,1-2H3. The molecule has 0 aliphatic heterocycles. The lowest BCUT2D eigenvalue weighted by atomic mass is 9.84. The molecule has 1 aromatic carbocycles. The predicted octanol–water partition coefficient (Wildman–Crippen LogP) is 6.31. The summed E-state index contributed by atoms with van der Waals surface area (Å²) in [6.07, 6.45) is 14.8. The number of nitrogens with zero attached hydrogens (tertiary/aromatic N) is 2. The van der Waals surface area contributed by atoms with E-state index in [9.17, 15) is 4.79 Å². The molecule has 0 N–H and O–H groups in total. The van der Waals surface area contributed by atoms with Crippen LogP contribution in [0.3, 0.4) is 0 Å². The first kappa shape index (κ1) is 21.5. The van der Waals surface area contributed by atoms with E-state index in [1.165, 1.54) is 56.2 Å². The van der Waals surface area contributed by atoms with Crippen LogP contribution in [0.15, 0.2) is 30.5 Å². The van der Waals surface area contributed by atoms with Gasteiger partial charge >= 0.3 is 5.97 Å². The van der Waals surface area contributed by atoms with Crippen LogP contribution < -0.4 is 4.74 Å². The average Bonchev–Trinajstić information content (AvgIpc) is 2.74. The molecule has 2 aromatic rings. The van der Waals surface area contributed by atoms with Crippen molar-refractivity contribution in [2.75, 3.05) is 0 Å². The Morgan fingerprint density at radius 3 is 2.62 bits per heavy atom. The molecular formula is C25H34N2O2. The number of hydrogen-bond donors (Lipinski definition) is 0. The third kappa shape index (κ3) is 6.38. The van der Waals surface area contributed by atoms with Gasteiger partial charge in [0, 0.05) is 23.9 Å². The normalized spacial score (nSPS) is 15.7. The molecule has 0 spiro atoms. The van der Waals surface area contributed by atoms with Crippen LogP contribution in [0.4, 0.5) is 0 Å². The van der Waals surface area contributed by atoms with Crippen LogP contribution in [-0.2, 0) is 17.6 Å². The van der Waals surface area contributed by atoms with Gasteiger partial charge in [0.25, 0.3) is 0 Å². The van der Waals surface area contributed by atoms with Gasteiger partial charge in [-0.25, -0.2) is 9.97 Å². The maximum atomic E-state index is 11.6. The van der Waals surface area contributed by atoms with Gasteiger partial charge in [-0.2, -0.15) is 0 Å². The van der Waals surface area contributed by atoms with Crippen molar-refractivity contribution in [3.8, 4) is 17.1 Å².